The van der Waals surface area contributed by atoms with Crippen LogP contribution >= 0.6 is 0 Å². The van der Waals surface area contributed by atoms with E-state index in [2.05, 4.69) is 10.3 Å². The minimum Gasteiger partial charge on any atom is -0.451 e. The molecular formula is C17H20N2O5S. The Labute approximate surface area is 145 Å². The fraction of sp³-hybridized carbons (Fsp3) is 0.412. The van der Waals surface area contributed by atoms with Gasteiger partial charge in [0.15, 0.2) is 16.4 Å². The summed E-state index contributed by atoms with van der Waals surface area (Å²) >= 11 is 0. The summed E-state index contributed by atoms with van der Waals surface area (Å²) in [4.78, 5) is 26.9. The van der Waals surface area contributed by atoms with Gasteiger partial charge in [0, 0.05) is 16.9 Å². The van der Waals surface area contributed by atoms with Gasteiger partial charge in [0.05, 0.1) is 11.5 Å². The van der Waals surface area contributed by atoms with Crippen molar-refractivity contribution in [2.75, 3.05) is 18.1 Å². The number of esters is 1. The average molecular weight is 364 g/mol. The molecule has 134 valence electrons. The number of aryl methyl sites for hydroxylation is 2. The van der Waals surface area contributed by atoms with Crippen molar-refractivity contribution in [2.24, 2.45) is 0 Å². The first-order valence-corrected chi connectivity index (χ1v) is 9.82. The maximum absolute atomic E-state index is 12.1. The van der Waals surface area contributed by atoms with Crippen molar-refractivity contribution in [2.45, 2.75) is 26.3 Å². The van der Waals surface area contributed by atoms with Crippen LogP contribution in [0.1, 0.15) is 28.0 Å². The topological polar surface area (TPSA) is 105 Å². The summed E-state index contributed by atoms with van der Waals surface area (Å²) < 4.78 is 27.8. The number of rotatable bonds is 4. The predicted octanol–water partition coefficient (Wildman–Crippen LogP) is 1.24. The Kier molecular flexibility index (Phi) is 4.55. The molecule has 1 fully saturated rings. The minimum atomic E-state index is -3.07. The first-order valence-electron chi connectivity index (χ1n) is 8.00. The van der Waals surface area contributed by atoms with Crippen molar-refractivity contribution < 1.29 is 22.7 Å². The third-order valence-corrected chi connectivity index (χ3v) is 6.01. The highest BCUT2D eigenvalue weighted by molar-refractivity contribution is 7.91. The average Bonchev–Trinajstić information content (AvgIpc) is 3.08. The molecule has 25 heavy (non-hydrogen) atoms. The van der Waals surface area contributed by atoms with Crippen molar-refractivity contribution in [3.8, 4) is 0 Å². The van der Waals surface area contributed by atoms with E-state index in [4.69, 9.17) is 4.74 Å². The van der Waals surface area contributed by atoms with Gasteiger partial charge in [0.25, 0.3) is 5.91 Å². The van der Waals surface area contributed by atoms with Gasteiger partial charge in [-0.05, 0) is 43.5 Å². The number of fused-ring (bicyclic) bond motifs is 1. The lowest BCUT2D eigenvalue weighted by Crippen LogP contribution is -2.38. The molecule has 1 aliphatic heterocycles. The van der Waals surface area contributed by atoms with E-state index in [1.54, 1.807) is 6.07 Å². The molecule has 1 saturated heterocycles. The van der Waals surface area contributed by atoms with Crippen LogP contribution in [0, 0.1) is 13.8 Å². The fourth-order valence-electron chi connectivity index (χ4n) is 3.10. The molecule has 1 aromatic heterocycles. The zero-order chi connectivity index (χ0) is 18.2. The Morgan fingerprint density at radius 3 is 2.72 bits per heavy atom. The number of aromatic nitrogens is 1. The lowest BCUT2D eigenvalue weighted by molar-refractivity contribution is -0.124. The number of carbonyl (C=O) groups is 2. The molecule has 2 N–H and O–H groups in total. The van der Waals surface area contributed by atoms with Crippen molar-refractivity contribution in [3.63, 3.8) is 0 Å². The standard InChI is InChI=1S/C17H20N2O5S/c1-10-5-11(2)13-7-15(19-14(13)6-10)17(21)24-8-16(20)18-12-3-4-25(22,23)9-12/h5-7,12,19H,3-4,8-9H2,1-2H3,(H,18,20). The van der Waals surface area contributed by atoms with Crippen molar-refractivity contribution in [1.82, 2.24) is 10.3 Å². The molecule has 1 atom stereocenters. The van der Waals surface area contributed by atoms with Gasteiger partial charge in [-0.2, -0.15) is 0 Å². The second kappa shape index (κ2) is 6.51. The number of nitrogens with one attached hydrogen (secondary N) is 2. The van der Waals surface area contributed by atoms with Gasteiger partial charge < -0.3 is 15.0 Å². The molecule has 2 aromatic rings. The smallest absolute Gasteiger partial charge is 0.355 e. The first-order chi connectivity index (χ1) is 11.7. The van der Waals surface area contributed by atoms with E-state index >= 15 is 0 Å². The van der Waals surface area contributed by atoms with Gasteiger partial charge in [-0.3, -0.25) is 4.79 Å². The summed E-state index contributed by atoms with van der Waals surface area (Å²) in [6.07, 6.45) is 0.392. The molecule has 1 amide bonds. The number of benzene rings is 1. The molecule has 0 radical (unpaired) electrons. The molecular weight excluding hydrogens is 344 g/mol. The summed E-state index contributed by atoms with van der Waals surface area (Å²) in [6, 6.07) is 5.25. The largest absolute Gasteiger partial charge is 0.451 e. The Morgan fingerprint density at radius 2 is 2.04 bits per heavy atom. The van der Waals surface area contributed by atoms with E-state index in [1.165, 1.54) is 0 Å². The monoisotopic (exact) mass is 364 g/mol. The highest BCUT2D eigenvalue weighted by Crippen LogP contribution is 2.21. The number of sulfone groups is 1. The molecule has 7 nitrogen and oxygen atoms in total. The van der Waals surface area contributed by atoms with Crippen LogP contribution in [0.3, 0.4) is 0 Å². The van der Waals surface area contributed by atoms with Crippen LogP contribution in [-0.2, 0) is 19.4 Å². The zero-order valence-corrected chi connectivity index (χ0v) is 14.9. The number of ether oxygens (including phenoxy) is 1. The Bertz CT molecular complexity index is 945. The Morgan fingerprint density at radius 1 is 1.28 bits per heavy atom. The molecule has 2 heterocycles. The summed E-state index contributed by atoms with van der Waals surface area (Å²) in [5.41, 5.74) is 3.24. The molecule has 0 bridgehead atoms. The summed E-state index contributed by atoms with van der Waals surface area (Å²) in [5.74, 6) is -1.11. The van der Waals surface area contributed by atoms with Gasteiger partial charge in [-0.25, -0.2) is 13.2 Å². The van der Waals surface area contributed by atoms with Gasteiger partial charge in [-0.1, -0.05) is 6.07 Å². The van der Waals surface area contributed by atoms with Crippen molar-refractivity contribution in [1.29, 1.82) is 0 Å². The molecule has 1 aromatic carbocycles. The number of aromatic amines is 1. The molecule has 8 heteroatoms. The van der Waals surface area contributed by atoms with E-state index in [9.17, 15) is 18.0 Å². The highest BCUT2D eigenvalue weighted by atomic mass is 32.2. The number of amides is 1. The molecule has 1 aliphatic rings. The molecule has 0 aliphatic carbocycles. The van der Waals surface area contributed by atoms with Gasteiger partial charge in [0.2, 0.25) is 0 Å². The van der Waals surface area contributed by atoms with Crippen LogP contribution in [0.5, 0.6) is 0 Å². The number of hydrogen-bond acceptors (Lipinski definition) is 5. The number of carbonyl (C=O) groups excluding carboxylic acids is 2. The Balaban J connectivity index is 1.59. The van der Waals surface area contributed by atoms with Gasteiger partial charge in [0.1, 0.15) is 5.69 Å². The number of hydrogen-bond donors (Lipinski definition) is 2. The third kappa shape index (κ3) is 4.01. The van der Waals surface area contributed by atoms with Crippen LogP contribution in [0.4, 0.5) is 0 Å². The number of H-pyrrole nitrogens is 1. The lowest BCUT2D eigenvalue weighted by Gasteiger charge is -2.10. The van der Waals surface area contributed by atoms with Crippen molar-refractivity contribution in [3.05, 3.63) is 35.0 Å². The maximum atomic E-state index is 12.1. The van der Waals surface area contributed by atoms with Crippen LogP contribution in [0.15, 0.2) is 18.2 Å². The van der Waals surface area contributed by atoms with E-state index in [0.717, 1.165) is 22.0 Å². The van der Waals surface area contributed by atoms with E-state index in [-0.39, 0.29) is 17.2 Å². The summed E-state index contributed by atoms with van der Waals surface area (Å²) in [5, 5.41) is 3.51. The second-order valence-electron chi connectivity index (χ2n) is 6.47. The lowest BCUT2D eigenvalue weighted by atomic mass is 10.1. The third-order valence-electron chi connectivity index (χ3n) is 4.24. The molecule has 0 saturated carbocycles. The fourth-order valence-corrected chi connectivity index (χ4v) is 4.77. The van der Waals surface area contributed by atoms with Crippen LogP contribution < -0.4 is 5.32 Å². The van der Waals surface area contributed by atoms with E-state index < -0.39 is 34.4 Å². The van der Waals surface area contributed by atoms with Crippen LogP contribution in [0.25, 0.3) is 10.9 Å². The summed E-state index contributed by atoms with van der Waals surface area (Å²) in [6.45, 7) is 3.49. The summed E-state index contributed by atoms with van der Waals surface area (Å²) in [7, 11) is -3.07. The van der Waals surface area contributed by atoms with Crippen molar-refractivity contribution >= 4 is 32.6 Å². The predicted molar refractivity (Wildman–Crippen MR) is 93.3 cm³/mol. The quantitative estimate of drug-likeness (QED) is 0.794. The van der Waals surface area contributed by atoms with E-state index in [0.29, 0.717) is 6.42 Å². The first kappa shape index (κ1) is 17.5. The molecule has 0 spiro atoms. The maximum Gasteiger partial charge on any atom is 0.355 e. The second-order valence-corrected chi connectivity index (χ2v) is 8.70. The highest BCUT2D eigenvalue weighted by Gasteiger charge is 2.29. The normalized spacial score (nSPS) is 19.0. The van der Waals surface area contributed by atoms with Crippen LogP contribution in [0.2, 0.25) is 0 Å². The van der Waals surface area contributed by atoms with Gasteiger partial charge >= 0.3 is 5.97 Å². The minimum absolute atomic E-state index is 0.0622. The van der Waals surface area contributed by atoms with E-state index in [1.807, 2.05) is 26.0 Å². The van der Waals surface area contributed by atoms with Gasteiger partial charge in [-0.15, -0.1) is 0 Å². The molecule has 3 rings (SSSR count). The SMILES string of the molecule is Cc1cc(C)c2cc(C(=O)OCC(=O)NC3CCS(=O)(=O)C3)[nH]c2c1. The zero-order valence-electron chi connectivity index (χ0n) is 14.1. The Hall–Kier alpha value is -2.35. The molecule has 1 unspecified atom stereocenters. The van der Waals surface area contributed by atoms with Crippen LogP contribution in [-0.4, -0.2) is 49.4 Å².